The van der Waals surface area contributed by atoms with Crippen molar-refractivity contribution in [2.45, 2.75) is 65.0 Å². The molecule has 1 aliphatic rings. The van der Waals surface area contributed by atoms with Gasteiger partial charge in [0.2, 0.25) is 0 Å². The van der Waals surface area contributed by atoms with Gasteiger partial charge in [-0.05, 0) is 55.7 Å². The Morgan fingerprint density at radius 1 is 1.10 bits per heavy atom. The SMILES string of the molecule is CC(Cc1ccc(F)cc1)NC1CCCCC1C(C)C. The Labute approximate surface area is 123 Å². The van der Waals surface area contributed by atoms with Gasteiger partial charge >= 0.3 is 0 Å². The monoisotopic (exact) mass is 277 g/mol. The van der Waals surface area contributed by atoms with Gasteiger partial charge in [0, 0.05) is 12.1 Å². The maximum atomic E-state index is 12.9. The maximum Gasteiger partial charge on any atom is 0.123 e. The summed E-state index contributed by atoms with van der Waals surface area (Å²) in [5, 5.41) is 3.82. The van der Waals surface area contributed by atoms with Crippen LogP contribution >= 0.6 is 0 Å². The highest BCUT2D eigenvalue weighted by Gasteiger charge is 2.28. The zero-order valence-corrected chi connectivity index (χ0v) is 13.0. The van der Waals surface area contributed by atoms with Gasteiger partial charge in [-0.2, -0.15) is 0 Å². The molecule has 20 heavy (non-hydrogen) atoms. The Bertz CT molecular complexity index is 398. The van der Waals surface area contributed by atoms with Crippen molar-refractivity contribution in [2.24, 2.45) is 11.8 Å². The molecule has 1 aromatic rings. The minimum atomic E-state index is -0.151. The minimum absolute atomic E-state index is 0.151. The van der Waals surface area contributed by atoms with Crippen LogP contribution in [0.3, 0.4) is 0 Å². The molecule has 2 rings (SSSR count). The lowest BCUT2D eigenvalue weighted by Gasteiger charge is -2.37. The summed E-state index contributed by atoms with van der Waals surface area (Å²) in [4.78, 5) is 0. The van der Waals surface area contributed by atoms with Crippen molar-refractivity contribution in [3.63, 3.8) is 0 Å². The van der Waals surface area contributed by atoms with E-state index >= 15 is 0 Å². The van der Waals surface area contributed by atoms with E-state index in [1.165, 1.54) is 31.2 Å². The summed E-state index contributed by atoms with van der Waals surface area (Å²) >= 11 is 0. The fraction of sp³-hybridized carbons (Fsp3) is 0.667. The quantitative estimate of drug-likeness (QED) is 0.832. The molecule has 0 amide bonds. The molecular weight excluding hydrogens is 249 g/mol. The number of hydrogen-bond donors (Lipinski definition) is 1. The van der Waals surface area contributed by atoms with E-state index in [4.69, 9.17) is 0 Å². The van der Waals surface area contributed by atoms with Gasteiger partial charge < -0.3 is 5.32 Å². The Morgan fingerprint density at radius 2 is 1.75 bits per heavy atom. The molecule has 3 unspecified atom stereocenters. The van der Waals surface area contributed by atoms with Gasteiger partial charge in [-0.15, -0.1) is 0 Å². The van der Waals surface area contributed by atoms with Crippen LogP contribution in [0.4, 0.5) is 4.39 Å². The number of benzene rings is 1. The molecule has 0 aromatic heterocycles. The molecule has 112 valence electrons. The van der Waals surface area contributed by atoms with Crippen LogP contribution in [-0.2, 0) is 6.42 Å². The van der Waals surface area contributed by atoms with Gasteiger partial charge in [-0.3, -0.25) is 0 Å². The van der Waals surface area contributed by atoms with E-state index < -0.39 is 0 Å². The van der Waals surface area contributed by atoms with Gasteiger partial charge in [0.05, 0.1) is 0 Å². The van der Waals surface area contributed by atoms with Gasteiger partial charge in [0.1, 0.15) is 5.82 Å². The fourth-order valence-electron chi connectivity index (χ4n) is 3.56. The number of hydrogen-bond acceptors (Lipinski definition) is 1. The number of halogens is 1. The Kier molecular flexibility index (Phi) is 5.59. The van der Waals surface area contributed by atoms with Crippen LogP contribution in [0.25, 0.3) is 0 Å². The summed E-state index contributed by atoms with van der Waals surface area (Å²) in [5.74, 6) is 1.41. The topological polar surface area (TPSA) is 12.0 Å². The molecule has 0 saturated heterocycles. The molecule has 0 aliphatic heterocycles. The molecule has 0 heterocycles. The van der Waals surface area contributed by atoms with Crippen LogP contribution in [0.5, 0.6) is 0 Å². The molecule has 2 heteroatoms. The van der Waals surface area contributed by atoms with Crippen molar-refractivity contribution in [1.82, 2.24) is 5.32 Å². The van der Waals surface area contributed by atoms with Crippen molar-refractivity contribution in [2.75, 3.05) is 0 Å². The summed E-state index contributed by atoms with van der Waals surface area (Å²) in [6.45, 7) is 6.93. The Hall–Kier alpha value is -0.890. The fourth-order valence-corrected chi connectivity index (χ4v) is 3.56. The molecule has 1 saturated carbocycles. The first-order chi connectivity index (χ1) is 9.56. The van der Waals surface area contributed by atoms with Gasteiger partial charge in [0.15, 0.2) is 0 Å². The molecule has 1 N–H and O–H groups in total. The first-order valence-electron chi connectivity index (χ1n) is 8.06. The van der Waals surface area contributed by atoms with Crippen molar-refractivity contribution in [1.29, 1.82) is 0 Å². The van der Waals surface area contributed by atoms with Gasteiger partial charge in [-0.1, -0.05) is 38.8 Å². The second-order valence-electron chi connectivity index (χ2n) is 6.70. The lowest BCUT2D eigenvalue weighted by molar-refractivity contribution is 0.194. The van der Waals surface area contributed by atoms with Crippen LogP contribution < -0.4 is 5.32 Å². The highest BCUT2D eigenvalue weighted by molar-refractivity contribution is 5.17. The van der Waals surface area contributed by atoms with Gasteiger partial charge in [-0.25, -0.2) is 4.39 Å². The third kappa shape index (κ3) is 4.31. The normalized spacial score (nSPS) is 24.9. The lowest BCUT2D eigenvalue weighted by Crippen LogP contribution is -2.45. The predicted octanol–water partition coefficient (Wildman–Crippen LogP) is 4.56. The second-order valence-corrected chi connectivity index (χ2v) is 6.70. The molecule has 1 aliphatic carbocycles. The first kappa shape index (κ1) is 15.5. The predicted molar refractivity (Wildman–Crippen MR) is 83.3 cm³/mol. The van der Waals surface area contributed by atoms with Crippen LogP contribution in [0, 0.1) is 17.7 Å². The highest BCUT2D eigenvalue weighted by atomic mass is 19.1. The Morgan fingerprint density at radius 3 is 2.40 bits per heavy atom. The van der Waals surface area contributed by atoms with Gasteiger partial charge in [0.25, 0.3) is 0 Å². The van der Waals surface area contributed by atoms with E-state index in [0.717, 1.165) is 18.3 Å². The van der Waals surface area contributed by atoms with Crippen LogP contribution in [-0.4, -0.2) is 12.1 Å². The molecule has 0 radical (unpaired) electrons. The van der Waals surface area contributed by atoms with Crippen molar-refractivity contribution in [3.8, 4) is 0 Å². The van der Waals surface area contributed by atoms with Crippen LogP contribution in [0.15, 0.2) is 24.3 Å². The van der Waals surface area contributed by atoms with Crippen LogP contribution in [0.2, 0.25) is 0 Å². The average molecular weight is 277 g/mol. The highest BCUT2D eigenvalue weighted by Crippen LogP contribution is 2.30. The van der Waals surface area contributed by atoms with E-state index in [9.17, 15) is 4.39 Å². The Balaban J connectivity index is 1.89. The van der Waals surface area contributed by atoms with Crippen molar-refractivity contribution in [3.05, 3.63) is 35.6 Å². The summed E-state index contributed by atoms with van der Waals surface area (Å²) in [6.07, 6.45) is 6.37. The first-order valence-corrected chi connectivity index (χ1v) is 8.06. The molecule has 1 nitrogen and oxygen atoms in total. The summed E-state index contributed by atoms with van der Waals surface area (Å²) in [5.41, 5.74) is 1.21. The largest absolute Gasteiger partial charge is 0.311 e. The summed E-state index contributed by atoms with van der Waals surface area (Å²) in [6, 6.07) is 8.01. The zero-order chi connectivity index (χ0) is 14.5. The molecule has 1 aromatic carbocycles. The molecule has 3 atom stereocenters. The van der Waals surface area contributed by atoms with Crippen LogP contribution in [0.1, 0.15) is 52.0 Å². The van der Waals surface area contributed by atoms with E-state index in [-0.39, 0.29) is 5.82 Å². The average Bonchev–Trinajstić information content (AvgIpc) is 2.41. The number of rotatable bonds is 5. The molecule has 1 fully saturated rings. The summed E-state index contributed by atoms with van der Waals surface area (Å²) in [7, 11) is 0. The summed E-state index contributed by atoms with van der Waals surface area (Å²) < 4.78 is 12.9. The van der Waals surface area contributed by atoms with Crippen molar-refractivity contribution < 1.29 is 4.39 Å². The van der Waals surface area contributed by atoms with E-state index in [2.05, 4.69) is 26.1 Å². The zero-order valence-electron chi connectivity index (χ0n) is 13.0. The lowest BCUT2D eigenvalue weighted by atomic mass is 9.77. The van der Waals surface area contributed by atoms with Crippen molar-refractivity contribution >= 4 is 0 Å². The van der Waals surface area contributed by atoms with E-state index in [0.29, 0.717) is 12.1 Å². The third-order valence-electron chi connectivity index (χ3n) is 4.63. The maximum absolute atomic E-state index is 12.9. The smallest absolute Gasteiger partial charge is 0.123 e. The molecular formula is C18H28FN. The standard InChI is InChI=1S/C18H28FN/c1-13(2)17-6-4-5-7-18(17)20-14(3)12-15-8-10-16(19)11-9-15/h8-11,13-14,17-18,20H,4-7,12H2,1-3H3. The van der Waals surface area contributed by atoms with E-state index in [1.54, 1.807) is 12.1 Å². The minimum Gasteiger partial charge on any atom is -0.311 e. The number of nitrogens with one attached hydrogen (secondary N) is 1. The van der Waals surface area contributed by atoms with E-state index in [1.807, 2.05) is 12.1 Å². The molecule has 0 bridgehead atoms. The second kappa shape index (κ2) is 7.21. The molecule has 0 spiro atoms. The third-order valence-corrected chi connectivity index (χ3v) is 4.63.